The van der Waals surface area contributed by atoms with Crippen LogP contribution in [0.2, 0.25) is 0 Å². The first-order chi connectivity index (χ1) is 14.8. The molecule has 30 heavy (non-hydrogen) atoms. The Balaban J connectivity index is 1.87. The van der Waals surface area contributed by atoms with Gasteiger partial charge in [-0.05, 0) is 47.1 Å². The second-order valence-electron chi connectivity index (χ2n) is 7.80. The van der Waals surface area contributed by atoms with E-state index in [1.54, 1.807) is 0 Å². The molecule has 0 aliphatic heterocycles. The van der Waals surface area contributed by atoms with Gasteiger partial charge >= 0.3 is 0 Å². The molecule has 0 heterocycles. The van der Waals surface area contributed by atoms with Crippen LogP contribution in [0.1, 0.15) is 42.0 Å². The van der Waals surface area contributed by atoms with Crippen molar-refractivity contribution in [3.05, 3.63) is 143 Å². The van der Waals surface area contributed by atoms with Gasteiger partial charge in [0.2, 0.25) is 0 Å². The predicted octanol–water partition coefficient (Wildman–Crippen LogP) is 6.70. The number of hydrogen-bond acceptors (Lipinski definition) is 1. The van der Waals surface area contributed by atoms with Crippen LogP contribution in [0.15, 0.2) is 121 Å². The minimum atomic E-state index is -0.262. The number of hydrogen-bond donors (Lipinski definition) is 1. The van der Waals surface area contributed by atoms with E-state index in [0.29, 0.717) is 0 Å². The lowest BCUT2D eigenvalue weighted by molar-refractivity contribution is 0.749. The average Bonchev–Trinajstić information content (AvgIpc) is 3.14. The minimum absolute atomic E-state index is 0.262. The van der Waals surface area contributed by atoms with Crippen LogP contribution in [0, 0.1) is 0 Å². The molecule has 4 rings (SSSR count). The third-order valence-electron chi connectivity index (χ3n) is 6.06. The van der Waals surface area contributed by atoms with Gasteiger partial charge in [0, 0.05) is 5.70 Å². The van der Waals surface area contributed by atoms with Crippen molar-refractivity contribution in [2.45, 2.75) is 31.6 Å². The van der Waals surface area contributed by atoms with Crippen LogP contribution in [0.4, 0.5) is 0 Å². The highest BCUT2D eigenvalue weighted by Gasteiger charge is 2.45. The van der Waals surface area contributed by atoms with Gasteiger partial charge in [0.05, 0.1) is 5.41 Å². The summed E-state index contributed by atoms with van der Waals surface area (Å²) in [5, 5.41) is 0. The molecule has 2 N–H and O–H groups in total. The molecule has 1 aliphatic rings. The minimum Gasteiger partial charge on any atom is -0.402 e. The number of benzene rings is 3. The van der Waals surface area contributed by atoms with Gasteiger partial charge in [0.15, 0.2) is 0 Å². The third-order valence-corrected chi connectivity index (χ3v) is 6.06. The summed E-state index contributed by atoms with van der Waals surface area (Å²) in [5.41, 5.74) is 13.5. The Kier molecular flexibility index (Phi) is 5.99. The molecule has 1 aliphatic carbocycles. The van der Waals surface area contributed by atoms with Crippen LogP contribution in [0.25, 0.3) is 0 Å². The summed E-state index contributed by atoms with van der Waals surface area (Å²) in [6, 6.07) is 30.7. The van der Waals surface area contributed by atoms with E-state index in [1.807, 2.05) is 0 Å². The maximum Gasteiger partial charge on any atom is 0.0670 e. The highest BCUT2D eigenvalue weighted by Crippen LogP contribution is 2.52. The van der Waals surface area contributed by atoms with E-state index in [-0.39, 0.29) is 5.41 Å². The van der Waals surface area contributed by atoms with Gasteiger partial charge in [0.1, 0.15) is 0 Å². The molecule has 0 radical (unpaired) electrons. The van der Waals surface area contributed by atoms with Crippen molar-refractivity contribution in [1.82, 2.24) is 0 Å². The van der Waals surface area contributed by atoms with Crippen molar-refractivity contribution in [3.63, 3.8) is 0 Å². The molecule has 150 valence electrons. The van der Waals surface area contributed by atoms with Crippen LogP contribution >= 0.6 is 0 Å². The molecule has 0 saturated heterocycles. The van der Waals surface area contributed by atoms with E-state index in [1.165, 1.54) is 27.8 Å². The zero-order valence-electron chi connectivity index (χ0n) is 17.6. The van der Waals surface area contributed by atoms with Crippen LogP contribution in [-0.4, -0.2) is 0 Å². The fourth-order valence-electron chi connectivity index (χ4n) is 4.59. The smallest absolute Gasteiger partial charge is 0.0670 e. The quantitative estimate of drug-likeness (QED) is 0.497. The molecule has 0 aromatic heterocycles. The lowest BCUT2D eigenvalue weighted by Gasteiger charge is -2.34. The number of nitrogens with two attached hydrogens (primary N) is 1. The standard InChI is InChI=1S/C29H29N/c1-2-27(30)20-11-5-10-19-26-22-23-14-12-13-21-28(23)29(26,24-15-6-3-7-16-24)25-17-8-4-9-18-25/h3-10,12-21H,2,11,22,30H2,1H3/b10-5-,26-19+,27-20+. The van der Waals surface area contributed by atoms with E-state index >= 15 is 0 Å². The zero-order valence-corrected chi connectivity index (χ0v) is 17.6. The fraction of sp³-hybridized carbons (Fsp3) is 0.172. The second kappa shape index (κ2) is 9.00. The van der Waals surface area contributed by atoms with Gasteiger partial charge in [-0.2, -0.15) is 0 Å². The van der Waals surface area contributed by atoms with Crippen LogP contribution in [0.3, 0.4) is 0 Å². The van der Waals surface area contributed by atoms with E-state index in [2.05, 4.69) is 116 Å². The lowest BCUT2D eigenvalue weighted by atomic mass is 9.68. The Labute approximate surface area is 180 Å². The van der Waals surface area contributed by atoms with E-state index < -0.39 is 0 Å². The molecular weight excluding hydrogens is 362 g/mol. The second-order valence-corrected chi connectivity index (χ2v) is 7.80. The van der Waals surface area contributed by atoms with Crippen molar-refractivity contribution in [1.29, 1.82) is 0 Å². The molecule has 0 saturated carbocycles. The molecule has 3 aromatic rings. The average molecular weight is 392 g/mol. The molecule has 0 spiro atoms. The highest BCUT2D eigenvalue weighted by atomic mass is 14.6. The van der Waals surface area contributed by atoms with Gasteiger partial charge in [-0.15, -0.1) is 0 Å². The molecular formula is C29H29N. The van der Waals surface area contributed by atoms with Crippen LogP contribution in [-0.2, 0) is 11.8 Å². The number of rotatable bonds is 6. The predicted molar refractivity (Wildman–Crippen MR) is 127 cm³/mol. The van der Waals surface area contributed by atoms with Crippen molar-refractivity contribution in [2.75, 3.05) is 0 Å². The molecule has 1 heteroatoms. The summed E-state index contributed by atoms with van der Waals surface area (Å²) in [6.07, 6.45) is 11.5. The molecule has 0 bridgehead atoms. The first-order valence-electron chi connectivity index (χ1n) is 10.8. The van der Waals surface area contributed by atoms with Crippen molar-refractivity contribution < 1.29 is 0 Å². The largest absolute Gasteiger partial charge is 0.402 e. The number of allylic oxidation sites excluding steroid dienone is 6. The highest BCUT2D eigenvalue weighted by molar-refractivity contribution is 5.66. The van der Waals surface area contributed by atoms with Gasteiger partial charge in [-0.25, -0.2) is 0 Å². The van der Waals surface area contributed by atoms with Gasteiger partial charge in [0.25, 0.3) is 0 Å². The SMILES string of the molecule is CC/C(N)=C\C/C=C\C=C1/Cc2ccccc2C1(c1ccccc1)c1ccccc1. The first-order valence-corrected chi connectivity index (χ1v) is 10.8. The summed E-state index contributed by atoms with van der Waals surface area (Å²) in [7, 11) is 0. The molecule has 0 atom stereocenters. The number of fused-ring (bicyclic) bond motifs is 1. The zero-order chi connectivity index (χ0) is 20.8. The summed E-state index contributed by atoms with van der Waals surface area (Å²) >= 11 is 0. The Morgan fingerprint density at radius 1 is 0.867 bits per heavy atom. The van der Waals surface area contributed by atoms with E-state index in [9.17, 15) is 0 Å². The monoisotopic (exact) mass is 391 g/mol. The maximum atomic E-state index is 5.94. The first kappa shape index (κ1) is 20.0. The van der Waals surface area contributed by atoms with E-state index in [0.717, 1.165) is 25.0 Å². The normalized spacial score (nSPS) is 16.8. The third kappa shape index (κ3) is 3.64. The Morgan fingerprint density at radius 2 is 1.47 bits per heavy atom. The van der Waals surface area contributed by atoms with Gasteiger partial charge in [-0.1, -0.05) is 116 Å². The Bertz CT molecular complexity index is 1030. The van der Waals surface area contributed by atoms with Gasteiger partial charge < -0.3 is 5.73 Å². The maximum absolute atomic E-state index is 5.94. The van der Waals surface area contributed by atoms with Crippen molar-refractivity contribution >= 4 is 0 Å². The Morgan fingerprint density at radius 3 is 2.10 bits per heavy atom. The summed E-state index contributed by atoms with van der Waals surface area (Å²) < 4.78 is 0. The van der Waals surface area contributed by atoms with Gasteiger partial charge in [-0.3, -0.25) is 0 Å². The van der Waals surface area contributed by atoms with Crippen molar-refractivity contribution in [3.8, 4) is 0 Å². The van der Waals surface area contributed by atoms with Crippen molar-refractivity contribution in [2.24, 2.45) is 5.73 Å². The van der Waals surface area contributed by atoms with Crippen LogP contribution in [0.5, 0.6) is 0 Å². The fourth-order valence-corrected chi connectivity index (χ4v) is 4.59. The van der Waals surface area contributed by atoms with Crippen LogP contribution < -0.4 is 5.73 Å². The molecule has 0 unspecified atom stereocenters. The summed E-state index contributed by atoms with van der Waals surface area (Å²) in [5.74, 6) is 0. The molecule has 0 amide bonds. The summed E-state index contributed by atoms with van der Waals surface area (Å²) in [4.78, 5) is 0. The summed E-state index contributed by atoms with van der Waals surface area (Å²) in [6.45, 7) is 2.08. The van der Waals surface area contributed by atoms with E-state index in [4.69, 9.17) is 5.73 Å². The molecule has 0 fully saturated rings. The topological polar surface area (TPSA) is 26.0 Å². The Hall–Kier alpha value is -3.32. The molecule has 3 aromatic carbocycles. The lowest BCUT2D eigenvalue weighted by Crippen LogP contribution is -2.28. The molecule has 1 nitrogen and oxygen atoms in total.